The molecule has 0 fully saturated rings. The number of hydrogen-bond donors (Lipinski definition) is 1. The molecule has 0 atom stereocenters. The van der Waals surface area contributed by atoms with Gasteiger partial charge in [0.15, 0.2) is 0 Å². The summed E-state index contributed by atoms with van der Waals surface area (Å²) in [4.78, 5) is 2.31. The zero-order valence-corrected chi connectivity index (χ0v) is 17.9. The molecule has 2 aromatic rings. The molecule has 3 N–H and O–H groups in total. The van der Waals surface area contributed by atoms with Gasteiger partial charge in [0.2, 0.25) is 0 Å². The van der Waals surface area contributed by atoms with Gasteiger partial charge < -0.3 is 15.4 Å². The monoisotopic (exact) mass is 387 g/mol. The average Bonchev–Trinajstić information content (AvgIpc) is 2.65. The van der Waals surface area contributed by atoms with E-state index in [0.29, 0.717) is 0 Å². The molecule has 0 saturated heterocycles. The van der Waals surface area contributed by atoms with Crippen molar-refractivity contribution in [2.75, 3.05) is 25.1 Å². The molecule has 0 aliphatic carbocycles. The molecule has 2 rings (SSSR count). The molecule has 0 amide bonds. The Morgan fingerprint density at radius 2 is 1.81 bits per heavy atom. The van der Waals surface area contributed by atoms with Crippen molar-refractivity contribution in [1.82, 2.24) is 0 Å². The average molecular weight is 388 g/mol. The molecule has 3 nitrogen and oxygen atoms in total. The summed E-state index contributed by atoms with van der Waals surface area (Å²) >= 11 is 6.19. The Balaban J connectivity index is 2.21. The van der Waals surface area contributed by atoms with E-state index in [1.54, 1.807) is 7.11 Å². The van der Waals surface area contributed by atoms with Gasteiger partial charge in [0, 0.05) is 47.1 Å². The highest BCUT2D eigenvalue weighted by molar-refractivity contribution is 6.30. The van der Waals surface area contributed by atoms with Gasteiger partial charge in [0.25, 0.3) is 0 Å². The molecule has 0 aliphatic rings. The van der Waals surface area contributed by atoms with Crippen molar-refractivity contribution in [1.29, 1.82) is 0 Å². The fourth-order valence-electron chi connectivity index (χ4n) is 3.39. The third-order valence-corrected chi connectivity index (χ3v) is 5.31. The first-order valence-electron chi connectivity index (χ1n) is 9.54. The van der Waals surface area contributed by atoms with Crippen LogP contribution in [-0.2, 0) is 5.41 Å². The predicted molar refractivity (Wildman–Crippen MR) is 117 cm³/mol. The maximum Gasteiger partial charge on any atom is 0.131 e. The van der Waals surface area contributed by atoms with Gasteiger partial charge in [0.1, 0.15) is 11.4 Å². The summed E-state index contributed by atoms with van der Waals surface area (Å²) in [5.41, 5.74) is 8.60. The van der Waals surface area contributed by atoms with E-state index in [4.69, 9.17) is 16.3 Å². The van der Waals surface area contributed by atoms with Crippen LogP contribution in [0.4, 0.5) is 11.4 Å². The van der Waals surface area contributed by atoms with Gasteiger partial charge >= 0.3 is 0 Å². The summed E-state index contributed by atoms with van der Waals surface area (Å²) in [6.07, 6.45) is 5.23. The van der Waals surface area contributed by atoms with Gasteiger partial charge in [-0.25, -0.2) is 0 Å². The first kappa shape index (κ1) is 21.3. The second kappa shape index (κ2) is 9.29. The third-order valence-electron chi connectivity index (χ3n) is 5.07. The van der Waals surface area contributed by atoms with E-state index in [1.807, 2.05) is 18.2 Å². The number of anilines is 1. The van der Waals surface area contributed by atoms with Crippen molar-refractivity contribution in [2.45, 2.75) is 39.5 Å². The molecule has 0 saturated carbocycles. The summed E-state index contributed by atoms with van der Waals surface area (Å²) in [6.45, 7) is 10.7. The number of methoxy groups -OCH3 is 1. The van der Waals surface area contributed by atoms with Crippen LogP contribution in [0.2, 0.25) is 5.02 Å². The van der Waals surface area contributed by atoms with Crippen LogP contribution in [0, 0.1) is 0 Å². The number of allylic oxidation sites excluding steroid dienone is 1. The Morgan fingerprint density at radius 1 is 1.11 bits per heavy atom. The summed E-state index contributed by atoms with van der Waals surface area (Å²) in [7, 11) is 1.73. The Labute approximate surface area is 168 Å². The van der Waals surface area contributed by atoms with E-state index in [9.17, 15) is 0 Å². The third kappa shape index (κ3) is 5.27. The molecule has 0 unspecified atom stereocenters. The number of halogens is 1. The van der Waals surface area contributed by atoms with Crippen LogP contribution in [0.25, 0.3) is 6.08 Å². The highest BCUT2D eigenvalue weighted by atomic mass is 35.5. The lowest BCUT2D eigenvalue weighted by atomic mass is 9.80. The predicted octanol–water partition coefficient (Wildman–Crippen LogP) is 5.45. The summed E-state index contributed by atoms with van der Waals surface area (Å²) in [5.74, 6) is 0.897. The quantitative estimate of drug-likeness (QED) is 0.654. The van der Waals surface area contributed by atoms with Crippen molar-refractivity contribution >= 4 is 29.1 Å². The van der Waals surface area contributed by atoms with Crippen molar-refractivity contribution in [3.63, 3.8) is 0 Å². The zero-order valence-electron chi connectivity index (χ0n) is 17.2. The van der Waals surface area contributed by atoms with Gasteiger partial charge in [-0.15, -0.1) is 0 Å². The lowest BCUT2D eigenvalue weighted by Gasteiger charge is -2.24. The zero-order chi connectivity index (χ0) is 20.0. The van der Waals surface area contributed by atoms with Gasteiger partial charge in [-0.2, -0.15) is 0 Å². The minimum absolute atomic E-state index is 0.0487. The standard InChI is InChI=1S/C23H31ClN2O/c1-6-26(7-2)19-12-10-17(22(16-19)27-5)9-8-14-23(3,4)20-15-18(24)11-13-21(20)25/h8-13,15-16H,6-7,14,25H2,1-5H3/p+1/b9-8+. The smallest absolute Gasteiger partial charge is 0.131 e. The lowest BCUT2D eigenvalue weighted by Crippen LogP contribution is -2.43. The van der Waals surface area contributed by atoms with Crippen molar-refractivity contribution < 1.29 is 10.5 Å². The van der Waals surface area contributed by atoms with Crippen LogP contribution in [0.3, 0.4) is 0 Å². The molecular weight excluding hydrogens is 356 g/mol. The van der Waals surface area contributed by atoms with Crippen molar-refractivity contribution in [2.24, 2.45) is 0 Å². The Bertz CT molecular complexity index is 795. The first-order chi connectivity index (χ1) is 12.8. The minimum atomic E-state index is -0.0487. The topological polar surface area (TPSA) is 40.1 Å². The molecular formula is C23H32ClN2O+. The number of nitrogens with zero attached hydrogens (tertiary/aromatic N) is 1. The Morgan fingerprint density at radius 3 is 2.44 bits per heavy atom. The van der Waals surface area contributed by atoms with Gasteiger partial charge in [-0.05, 0) is 49.9 Å². The van der Waals surface area contributed by atoms with E-state index >= 15 is 0 Å². The molecule has 27 heavy (non-hydrogen) atoms. The molecule has 0 bridgehead atoms. The van der Waals surface area contributed by atoms with E-state index in [2.05, 4.69) is 68.7 Å². The molecule has 2 aromatic carbocycles. The molecule has 0 aliphatic heterocycles. The molecule has 0 aromatic heterocycles. The van der Waals surface area contributed by atoms with E-state index in [-0.39, 0.29) is 5.41 Å². The van der Waals surface area contributed by atoms with Crippen molar-refractivity contribution in [3.05, 3.63) is 58.6 Å². The SMILES string of the molecule is CCN(CC)c1ccc(/C=C/CC(C)(C)c2cc(Cl)ccc2[NH3+])c(OC)c1. The molecule has 0 spiro atoms. The van der Waals surface area contributed by atoms with Crippen LogP contribution in [0.15, 0.2) is 42.5 Å². The van der Waals surface area contributed by atoms with Crippen LogP contribution >= 0.6 is 11.6 Å². The van der Waals surface area contributed by atoms with E-state index in [0.717, 1.165) is 41.5 Å². The second-order valence-corrected chi connectivity index (χ2v) is 7.83. The summed E-state index contributed by atoms with van der Waals surface area (Å²) in [5, 5.41) is 0.753. The molecule has 0 radical (unpaired) electrons. The Hall–Kier alpha value is -1.97. The van der Waals surface area contributed by atoms with Crippen LogP contribution in [-0.4, -0.2) is 20.2 Å². The minimum Gasteiger partial charge on any atom is -0.496 e. The number of benzene rings is 2. The normalized spacial score (nSPS) is 11.8. The number of rotatable bonds is 8. The second-order valence-electron chi connectivity index (χ2n) is 7.39. The fraction of sp³-hybridized carbons (Fsp3) is 0.391. The van der Waals surface area contributed by atoms with E-state index in [1.165, 1.54) is 11.3 Å². The highest BCUT2D eigenvalue weighted by Crippen LogP contribution is 2.34. The largest absolute Gasteiger partial charge is 0.496 e. The lowest BCUT2D eigenvalue weighted by molar-refractivity contribution is -0.256. The number of quaternary nitrogens is 1. The molecule has 0 heterocycles. The van der Waals surface area contributed by atoms with Gasteiger partial charge in [0.05, 0.1) is 7.11 Å². The molecule has 146 valence electrons. The van der Waals surface area contributed by atoms with Gasteiger partial charge in [-0.3, -0.25) is 0 Å². The maximum absolute atomic E-state index is 6.19. The number of hydrogen-bond acceptors (Lipinski definition) is 2. The number of ether oxygens (including phenoxy) is 1. The van der Waals surface area contributed by atoms with Crippen LogP contribution in [0.1, 0.15) is 45.2 Å². The summed E-state index contributed by atoms with van der Waals surface area (Å²) < 4.78 is 5.62. The van der Waals surface area contributed by atoms with Gasteiger partial charge in [-0.1, -0.05) is 37.6 Å². The first-order valence-corrected chi connectivity index (χ1v) is 9.91. The Kier molecular flexibility index (Phi) is 7.34. The van der Waals surface area contributed by atoms with Crippen LogP contribution < -0.4 is 15.4 Å². The maximum atomic E-state index is 6.19. The fourth-order valence-corrected chi connectivity index (χ4v) is 3.56. The van der Waals surface area contributed by atoms with Crippen LogP contribution in [0.5, 0.6) is 5.75 Å². The van der Waals surface area contributed by atoms with Crippen molar-refractivity contribution in [3.8, 4) is 5.75 Å². The highest BCUT2D eigenvalue weighted by Gasteiger charge is 2.23. The summed E-state index contributed by atoms with van der Waals surface area (Å²) in [6, 6.07) is 12.3. The van der Waals surface area contributed by atoms with E-state index < -0.39 is 0 Å². The molecule has 4 heteroatoms.